The molecule has 194 valence electrons. The van der Waals surface area contributed by atoms with Crippen LogP contribution < -0.4 is 5.32 Å². The maximum absolute atomic E-state index is 12.2. The third-order valence-electron chi connectivity index (χ3n) is 5.99. The predicted octanol–water partition coefficient (Wildman–Crippen LogP) is 5.97. The fourth-order valence-electron chi connectivity index (χ4n) is 3.82. The average Bonchev–Trinajstić information content (AvgIpc) is 2.80. The molecule has 0 aromatic rings. The second-order valence-electron chi connectivity index (χ2n) is 9.29. The topological polar surface area (TPSA) is 89.8 Å². The highest BCUT2D eigenvalue weighted by Gasteiger charge is 2.19. The number of carbonyl (C=O) groups excluding carboxylic acids is 1. The Kier molecular flexibility index (Phi) is 23.1. The third-order valence-corrected chi connectivity index (χ3v) is 5.99. The van der Waals surface area contributed by atoms with Gasteiger partial charge in [0.25, 0.3) is 0 Å². The number of rotatable bonds is 23. The van der Waals surface area contributed by atoms with Crippen LogP contribution in [0, 0.1) is 0 Å². The van der Waals surface area contributed by atoms with Gasteiger partial charge in [0, 0.05) is 0 Å². The molecule has 0 rings (SSSR count). The first kappa shape index (κ1) is 31.8. The number of nitrogens with one attached hydrogen (secondary N) is 1. The maximum Gasteiger partial charge on any atom is 0.222 e. The SMILES string of the molecule is CCCCCC/C=C/CC/C=C/C(O)C(CO)NC(=O)CC(O)CCCCCCCCCC. The number of amides is 1. The fraction of sp³-hybridized carbons (Fsp3) is 0.821. The van der Waals surface area contributed by atoms with Crippen LogP contribution in [0.25, 0.3) is 0 Å². The minimum absolute atomic E-state index is 0.00643. The lowest BCUT2D eigenvalue weighted by Gasteiger charge is -2.21. The molecule has 3 unspecified atom stereocenters. The Morgan fingerprint density at radius 3 is 1.94 bits per heavy atom. The normalized spacial score (nSPS) is 14.7. The van der Waals surface area contributed by atoms with Crippen LogP contribution in [0.15, 0.2) is 24.3 Å². The van der Waals surface area contributed by atoms with Gasteiger partial charge in [-0.1, -0.05) is 109 Å². The van der Waals surface area contributed by atoms with E-state index in [4.69, 9.17) is 0 Å². The van der Waals surface area contributed by atoms with Crippen molar-refractivity contribution in [3.05, 3.63) is 24.3 Å². The molecule has 0 spiro atoms. The van der Waals surface area contributed by atoms with Crippen LogP contribution in [0.1, 0.15) is 123 Å². The van der Waals surface area contributed by atoms with Crippen molar-refractivity contribution in [2.24, 2.45) is 0 Å². The number of unbranched alkanes of at least 4 members (excludes halogenated alkanes) is 12. The summed E-state index contributed by atoms with van der Waals surface area (Å²) < 4.78 is 0. The van der Waals surface area contributed by atoms with E-state index in [9.17, 15) is 20.1 Å². The van der Waals surface area contributed by atoms with Crippen LogP contribution in [-0.4, -0.2) is 46.1 Å². The Morgan fingerprint density at radius 1 is 0.758 bits per heavy atom. The highest BCUT2D eigenvalue weighted by Crippen LogP contribution is 2.12. The first-order valence-corrected chi connectivity index (χ1v) is 13.6. The van der Waals surface area contributed by atoms with E-state index in [1.54, 1.807) is 6.08 Å². The van der Waals surface area contributed by atoms with Gasteiger partial charge in [-0.05, 0) is 32.1 Å². The van der Waals surface area contributed by atoms with Gasteiger partial charge in [0.2, 0.25) is 5.91 Å². The van der Waals surface area contributed by atoms with Crippen molar-refractivity contribution in [3.8, 4) is 0 Å². The first-order valence-electron chi connectivity index (χ1n) is 13.6. The lowest BCUT2D eigenvalue weighted by Crippen LogP contribution is -2.45. The highest BCUT2D eigenvalue weighted by molar-refractivity contribution is 5.76. The first-order chi connectivity index (χ1) is 16.0. The van der Waals surface area contributed by atoms with Gasteiger partial charge in [0.15, 0.2) is 0 Å². The summed E-state index contributed by atoms with van der Waals surface area (Å²) in [6.07, 6.45) is 24.4. The molecule has 0 aliphatic carbocycles. The van der Waals surface area contributed by atoms with Gasteiger partial charge in [-0.2, -0.15) is 0 Å². The van der Waals surface area contributed by atoms with E-state index >= 15 is 0 Å². The van der Waals surface area contributed by atoms with Gasteiger partial charge >= 0.3 is 0 Å². The molecule has 0 aliphatic heterocycles. The molecule has 4 N–H and O–H groups in total. The van der Waals surface area contributed by atoms with Crippen molar-refractivity contribution in [1.29, 1.82) is 0 Å². The van der Waals surface area contributed by atoms with Crippen LogP contribution in [0.3, 0.4) is 0 Å². The largest absolute Gasteiger partial charge is 0.394 e. The Balaban J connectivity index is 3.95. The summed E-state index contributed by atoms with van der Waals surface area (Å²) in [5.74, 6) is -0.334. The van der Waals surface area contributed by atoms with Gasteiger partial charge in [-0.3, -0.25) is 4.79 Å². The zero-order valence-corrected chi connectivity index (χ0v) is 21.5. The number of hydrogen-bond acceptors (Lipinski definition) is 4. The van der Waals surface area contributed by atoms with E-state index in [1.807, 2.05) is 6.08 Å². The van der Waals surface area contributed by atoms with Crippen molar-refractivity contribution in [2.45, 2.75) is 141 Å². The third kappa shape index (κ3) is 21.1. The van der Waals surface area contributed by atoms with Gasteiger partial charge in [0.05, 0.1) is 31.3 Å². The summed E-state index contributed by atoms with van der Waals surface area (Å²) >= 11 is 0. The number of aliphatic hydroxyl groups excluding tert-OH is 3. The molecular weight excluding hydrogens is 414 g/mol. The molecule has 0 aromatic carbocycles. The number of allylic oxidation sites excluding steroid dienone is 3. The van der Waals surface area contributed by atoms with Gasteiger partial charge < -0.3 is 20.6 Å². The molecular formula is C28H53NO4. The summed E-state index contributed by atoms with van der Waals surface area (Å²) in [4.78, 5) is 12.2. The standard InChI is InChI=1S/C28H53NO4/c1-3-5-7-9-11-13-14-16-18-20-22-27(32)26(24-30)29-28(33)23-25(31)21-19-17-15-12-10-8-6-4-2/h13-14,20,22,25-27,30-32H,3-12,15-19,21,23-24H2,1-2H3,(H,29,33)/b14-13+,22-20+. The zero-order chi connectivity index (χ0) is 24.6. The van der Waals surface area contributed by atoms with E-state index in [2.05, 4.69) is 31.3 Å². The van der Waals surface area contributed by atoms with Crippen molar-refractivity contribution in [2.75, 3.05) is 6.61 Å². The fourth-order valence-corrected chi connectivity index (χ4v) is 3.82. The summed E-state index contributed by atoms with van der Waals surface area (Å²) in [6.45, 7) is 4.09. The minimum Gasteiger partial charge on any atom is -0.394 e. The van der Waals surface area contributed by atoms with Crippen LogP contribution in [0.4, 0.5) is 0 Å². The number of carbonyl (C=O) groups is 1. The van der Waals surface area contributed by atoms with E-state index in [0.29, 0.717) is 6.42 Å². The van der Waals surface area contributed by atoms with Crippen molar-refractivity contribution in [1.82, 2.24) is 5.32 Å². The smallest absolute Gasteiger partial charge is 0.222 e. The summed E-state index contributed by atoms with van der Waals surface area (Å²) in [5.41, 5.74) is 0. The van der Waals surface area contributed by atoms with Crippen LogP contribution in [0.2, 0.25) is 0 Å². The van der Waals surface area contributed by atoms with Crippen LogP contribution >= 0.6 is 0 Å². The predicted molar refractivity (Wildman–Crippen MR) is 139 cm³/mol. The lowest BCUT2D eigenvalue weighted by atomic mass is 10.0. The zero-order valence-electron chi connectivity index (χ0n) is 21.5. The van der Waals surface area contributed by atoms with Crippen LogP contribution in [-0.2, 0) is 4.79 Å². The maximum atomic E-state index is 12.2. The Labute approximate surface area is 203 Å². The van der Waals surface area contributed by atoms with E-state index in [1.165, 1.54) is 64.2 Å². The second-order valence-corrected chi connectivity index (χ2v) is 9.29. The number of hydrogen-bond donors (Lipinski definition) is 4. The molecule has 0 fully saturated rings. The minimum atomic E-state index is -0.943. The lowest BCUT2D eigenvalue weighted by molar-refractivity contribution is -0.124. The van der Waals surface area contributed by atoms with Gasteiger partial charge in [-0.25, -0.2) is 0 Å². The monoisotopic (exact) mass is 467 g/mol. The van der Waals surface area contributed by atoms with E-state index < -0.39 is 18.2 Å². The van der Waals surface area contributed by atoms with Crippen molar-refractivity contribution >= 4 is 5.91 Å². The molecule has 0 saturated heterocycles. The van der Waals surface area contributed by atoms with E-state index in [-0.39, 0.29) is 18.9 Å². The van der Waals surface area contributed by atoms with Gasteiger partial charge in [0.1, 0.15) is 0 Å². The highest BCUT2D eigenvalue weighted by atomic mass is 16.3. The average molecular weight is 468 g/mol. The second kappa shape index (κ2) is 24.0. The van der Waals surface area contributed by atoms with Crippen LogP contribution in [0.5, 0.6) is 0 Å². The molecule has 1 amide bonds. The Hall–Kier alpha value is -1.17. The molecule has 0 bridgehead atoms. The van der Waals surface area contributed by atoms with E-state index in [0.717, 1.165) is 32.1 Å². The molecule has 33 heavy (non-hydrogen) atoms. The molecule has 0 aromatic heterocycles. The summed E-state index contributed by atoms with van der Waals surface area (Å²) in [6, 6.07) is -0.752. The summed E-state index contributed by atoms with van der Waals surface area (Å²) in [7, 11) is 0. The quantitative estimate of drug-likeness (QED) is 0.110. The number of aliphatic hydroxyl groups is 3. The van der Waals surface area contributed by atoms with Crippen molar-refractivity contribution < 1.29 is 20.1 Å². The Morgan fingerprint density at radius 2 is 1.30 bits per heavy atom. The van der Waals surface area contributed by atoms with Crippen molar-refractivity contribution in [3.63, 3.8) is 0 Å². The van der Waals surface area contributed by atoms with Gasteiger partial charge in [-0.15, -0.1) is 0 Å². The molecule has 0 radical (unpaired) electrons. The molecule has 3 atom stereocenters. The Bertz CT molecular complexity index is 492. The summed E-state index contributed by atoms with van der Waals surface area (Å²) in [5, 5.41) is 32.6. The molecule has 5 heteroatoms. The molecule has 0 heterocycles. The molecule has 0 saturated carbocycles. The molecule has 5 nitrogen and oxygen atoms in total. The molecule has 0 aliphatic rings.